The highest BCUT2D eigenvalue weighted by atomic mass is 32.2. The molecule has 0 aliphatic carbocycles. The molecule has 1 aromatic heterocycles. The average Bonchev–Trinajstić information content (AvgIpc) is 2.36. The van der Waals surface area contributed by atoms with Crippen molar-refractivity contribution in [2.24, 2.45) is 0 Å². The van der Waals surface area contributed by atoms with Gasteiger partial charge in [-0.05, 0) is 31.0 Å². The fraction of sp³-hybridized carbons (Fsp3) is 0.455. The molecule has 0 aliphatic heterocycles. The summed E-state index contributed by atoms with van der Waals surface area (Å²) in [5.41, 5.74) is 0.918. The van der Waals surface area contributed by atoms with E-state index in [0.717, 1.165) is 9.87 Å². The first-order valence-corrected chi connectivity index (χ1v) is 6.82. The highest BCUT2D eigenvalue weighted by molar-refractivity contribution is 7.89. The molecule has 0 aromatic carbocycles. The second-order valence-electron chi connectivity index (χ2n) is 3.74. The van der Waals surface area contributed by atoms with Gasteiger partial charge < -0.3 is 0 Å². The Morgan fingerprint density at radius 1 is 1.47 bits per heavy atom. The Morgan fingerprint density at radius 2 is 2.06 bits per heavy atom. The predicted octanol–water partition coefficient (Wildman–Crippen LogP) is 0.798. The Kier molecular flexibility index (Phi) is 4.61. The van der Waals surface area contributed by atoms with Gasteiger partial charge in [-0.3, -0.25) is 4.98 Å². The Bertz CT molecular complexity index is 493. The van der Waals surface area contributed by atoms with Crippen molar-refractivity contribution in [1.82, 2.24) is 9.29 Å². The minimum absolute atomic E-state index is 0.000463. The summed E-state index contributed by atoms with van der Waals surface area (Å²) in [6, 6.07) is 4.83. The van der Waals surface area contributed by atoms with Crippen molar-refractivity contribution in [1.29, 1.82) is 5.26 Å². The van der Waals surface area contributed by atoms with Crippen LogP contribution in [-0.4, -0.2) is 36.5 Å². The van der Waals surface area contributed by atoms with E-state index in [1.54, 1.807) is 31.5 Å². The van der Waals surface area contributed by atoms with E-state index in [1.165, 1.54) is 7.05 Å². The summed E-state index contributed by atoms with van der Waals surface area (Å²) in [4.78, 5) is 3.86. The maximum absolute atomic E-state index is 11.9. The molecule has 1 aromatic rings. The van der Waals surface area contributed by atoms with E-state index in [1.807, 2.05) is 6.07 Å². The first-order valence-electron chi connectivity index (χ1n) is 5.21. The normalized spacial score (nSPS) is 13.3. The number of aromatic nitrogens is 1. The van der Waals surface area contributed by atoms with Crippen LogP contribution in [-0.2, 0) is 16.4 Å². The molecule has 1 rings (SSSR count). The maximum atomic E-state index is 11.9. The second kappa shape index (κ2) is 5.75. The molecule has 1 unspecified atom stereocenters. The zero-order chi connectivity index (χ0) is 12.9. The quantitative estimate of drug-likeness (QED) is 0.778. The molecule has 6 heteroatoms. The summed E-state index contributed by atoms with van der Waals surface area (Å²) in [5, 5.41) is 8.69. The Morgan fingerprint density at radius 3 is 2.59 bits per heavy atom. The van der Waals surface area contributed by atoms with Gasteiger partial charge in [0.15, 0.2) is 0 Å². The number of hydrogen-bond acceptors (Lipinski definition) is 4. The Balaban J connectivity index is 2.66. The van der Waals surface area contributed by atoms with Crippen LogP contribution >= 0.6 is 0 Å². The topological polar surface area (TPSA) is 74.1 Å². The van der Waals surface area contributed by atoms with Gasteiger partial charge >= 0.3 is 0 Å². The zero-order valence-electron chi connectivity index (χ0n) is 9.87. The average molecular weight is 253 g/mol. The van der Waals surface area contributed by atoms with Gasteiger partial charge in [-0.15, -0.1) is 0 Å². The molecule has 92 valence electrons. The maximum Gasteiger partial charge on any atom is 0.215 e. The van der Waals surface area contributed by atoms with Gasteiger partial charge in [-0.2, -0.15) is 9.57 Å². The summed E-state index contributed by atoms with van der Waals surface area (Å²) in [6.45, 7) is 1.56. The third kappa shape index (κ3) is 3.80. The lowest BCUT2D eigenvalue weighted by molar-refractivity contribution is 0.442. The molecule has 1 atom stereocenters. The molecule has 0 bridgehead atoms. The first-order chi connectivity index (χ1) is 7.97. The van der Waals surface area contributed by atoms with Crippen molar-refractivity contribution >= 4 is 10.0 Å². The number of nitriles is 1. The number of sulfonamides is 1. The van der Waals surface area contributed by atoms with Crippen molar-refractivity contribution in [2.75, 3.05) is 12.8 Å². The lowest BCUT2D eigenvalue weighted by Gasteiger charge is -2.18. The smallest absolute Gasteiger partial charge is 0.215 e. The van der Waals surface area contributed by atoms with Gasteiger partial charge in [0.05, 0.1) is 11.8 Å². The van der Waals surface area contributed by atoms with Gasteiger partial charge in [0, 0.05) is 19.4 Å². The minimum Gasteiger partial charge on any atom is -0.265 e. The van der Waals surface area contributed by atoms with E-state index in [-0.39, 0.29) is 5.75 Å². The molecular formula is C11H15N3O2S. The summed E-state index contributed by atoms with van der Waals surface area (Å²) >= 11 is 0. The number of nitrogens with zero attached hydrogens (tertiary/aromatic N) is 3. The van der Waals surface area contributed by atoms with Gasteiger partial charge in [-0.1, -0.05) is 0 Å². The largest absolute Gasteiger partial charge is 0.265 e. The summed E-state index contributed by atoms with van der Waals surface area (Å²) in [5.74, 6) is -0.000463. The lowest BCUT2D eigenvalue weighted by atomic mass is 10.2. The number of hydrogen-bond donors (Lipinski definition) is 0. The van der Waals surface area contributed by atoms with E-state index in [2.05, 4.69) is 4.98 Å². The SMILES string of the molecule is CC(C#N)N(C)S(=O)(=O)CCc1ccncc1. The molecule has 0 saturated carbocycles. The van der Waals surface area contributed by atoms with Crippen molar-refractivity contribution in [3.8, 4) is 6.07 Å². The van der Waals surface area contributed by atoms with Crippen LogP contribution in [0.5, 0.6) is 0 Å². The van der Waals surface area contributed by atoms with Gasteiger partial charge in [0.2, 0.25) is 10.0 Å². The fourth-order valence-electron chi connectivity index (χ4n) is 1.26. The van der Waals surface area contributed by atoms with Crippen LogP contribution in [0.25, 0.3) is 0 Å². The first kappa shape index (κ1) is 13.6. The second-order valence-corrected chi connectivity index (χ2v) is 5.89. The van der Waals surface area contributed by atoms with E-state index in [9.17, 15) is 8.42 Å². The van der Waals surface area contributed by atoms with Crippen molar-refractivity contribution in [2.45, 2.75) is 19.4 Å². The van der Waals surface area contributed by atoms with E-state index in [4.69, 9.17) is 5.26 Å². The van der Waals surface area contributed by atoms with Crippen LogP contribution in [0.2, 0.25) is 0 Å². The molecule has 0 saturated heterocycles. The minimum atomic E-state index is -3.38. The number of aryl methyl sites for hydroxylation is 1. The lowest BCUT2D eigenvalue weighted by Crippen LogP contribution is -2.36. The third-order valence-electron chi connectivity index (χ3n) is 2.57. The summed E-state index contributed by atoms with van der Waals surface area (Å²) in [6.07, 6.45) is 3.68. The molecule has 0 N–H and O–H groups in total. The zero-order valence-corrected chi connectivity index (χ0v) is 10.7. The Hall–Kier alpha value is -1.45. The van der Waals surface area contributed by atoms with Crippen LogP contribution in [0.15, 0.2) is 24.5 Å². The molecule has 0 spiro atoms. The van der Waals surface area contributed by atoms with Crippen LogP contribution < -0.4 is 0 Å². The van der Waals surface area contributed by atoms with Crippen molar-refractivity contribution < 1.29 is 8.42 Å². The Labute approximate surface area is 102 Å². The van der Waals surface area contributed by atoms with Crippen LogP contribution in [0.3, 0.4) is 0 Å². The predicted molar refractivity (Wildman–Crippen MR) is 64.6 cm³/mol. The van der Waals surface area contributed by atoms with E-state index < -0.39 is 16.1 Å². The summed E-state index contributed by atoms with van der Waals surface area (Å²) < 4.78 is 24.8. The molecule has 1 heterocycles. The van der Waals surface area contributed by atoms with Crippen LogP contribution in [0.1, 0.15) is 12.5 Å². The highest BCUT2D eigenvalue weighted by Gasteiger charge is 2.22. The number of rotatable bonds is 5. The molecule has 0 aliphatic rings. The van der Waals surface area contributed by atoms with Crippen LogP contribution in [0, 0.1) is 11.3 Å². The molecular weight excluding hydrogens is 238 g/mol. The fourth-order valence-corrected chi connectivity index (χ4v) is 2.57. The molecule has 0 amide bonds. The molecule has 17 heavy (non-hydrogen) atoms. The standard InChI is InChI=1S/C11H15N3O2S/c1-10(9-12)14(2)17(15,16)8-5-11-3-6-13-7-4-11/h3-4,6-7,10H,5,8H2,1-2H3. The monoisotopic (exact) mass is 253 g/mol. The number of pyridine rings is 1. The molecule has 0 fully saturated rings. The third-order valence-corrected chi connectivity index (χ3v) is 4.48. The van der Waals surface area contributed by atoms with Crippen molar-refractivity contribution in [3.63, 3.8) is 0 Å². The molecule has 5 nitrogen and oxygen atoms in total. The van der Waals surface area contributed by atoms with Gasteiger partial charge in [-0.25, -0.2) is 8.42 Å². The highest BCUT2D eigenvalue weighted by Crippen LogP contribution is 2.07. The van der Waals surface area contributed by atoms with Gasteiger partial charge in [0.25, 0.3) is 0 Å². The van der Waals surface area contributed by atoms with E-state index >= 15 is 0 Å². The van der Waals surface area contributed by atoms with Gasteiger partial charge in [0.1, 0.15) is 6.04 Å². The molecule has 0 radical (unpaired) electrons. The van der Waals surface area contributed by atoms with Crippen molar-refractivity contribution in [3.05, 3.63) is 30.1 Å². The van der Waals surface area contributed by atoms with E-state index in [0.29, 0.717) is 6.42 Å². The van der Waals surface area contributed by atoms with Crippen LogP contribution in [0.4, 0.5) is 0 Å². The summed E-state index contributed by atoms with van der Waals surface area (Å²) in [7, 11) is -1.95.